The van der Waals surface area contributed by atoms with Crippen LogP contribution in [-0.4, -0.2) is 19.2 Å². The molecule has 1 rings (SSSR count). The summed E-state index contributed by atoms with van der Waals surface area (Å²) in [6, 6.07) is 5.75. The second-order valence-corrected chi connectivity index (χ2v) is 4.98. The average Bonchev–Trinajstić information content (AvgIpc) is 2.44. The van der Waals surface area contributed by atoms with E-state index in [-0.39, 0.29) is 5.97 Å². The summed E-state index contributed by atoms with van der Waals surface area (Å²) in [7, 11) is 0. The van der Waals surface area contributed by atoms with Gasteiger partial charge in [-0.15, -0.1) is 0 Å². The Morgan fingerprint density at radius 3 is 2.70 bits per heavy atom. The van der Waals surface area contributed by atoms with E-state index < -0.39 is 0 Å². The molecule has 0 N–H and O–H groups in total. The summed E-state index contributed by atoms with van der Waals surface area (Å²) in [5, 5.41) is 0.786. The molecule has 0 aromatic heterocycles. The van der Waals surface area contributed by atoms with Gasteiger partial charge in [-0.05, 0) is 56.4 Å². The lowest BCUT2D eigenvalue weighted by Gasteiger charge is -2.08. The van der Waals surface area contributed by atoms with E-state index in [2.05, 4.69) is 6.92 Å². The van der Waals surface area contributed by atoms with E-state index in [0.29, 0.717) is 19.6 Å². The predicted molar refractivity (Wildman–Crippen MR) is 81.4 cm³/mol. The third-order valence-electron chi connectivity index (χ3n) is 3.00. The lowest BCUT2D eigenvalue weighted by molar-refractivity contribution is -0.143. The first-order chi connectivity index (χ1) is 9.67. The number of unbranched alkanes of at least 4 members (excludes halogenated alkanes) is 2. The molecule has 1 aromatic rings. The third kappa shape index (κ3) is 6.29. The van der Waals surface area contributed by atoms with Crippen LogP contribution in [0.5, 0.6) is 5.75 Å². The van der Waals surface area contributed by atoms with Crippen molar-refractivity contribution in [3.8, 4) is 5.75 Å². The Hall–Kier alpha value is -1.22. The van der Waals surface area contributed by atoms with Crippen molar-refractivity contribution in [3.63, 3.8) is 0 Å². The van der Waals surface area contributed by atoms with Crippen molar-refractivity contribution < 1.29 is 14.3 Å². The van der Waals surface area contributed by atoms with Crippen LogP contribution < -0.4 is 4.74 Å². The normalized spacial score (nSPS) is 10.3. The first-order valence-electron chi connectivity index (χ1n) is 7.24. The van der Waals surface area contributed by atoms with Crippen LogP contribution in [0.25, 0.3) is 0 Å². The Labute approximate surface area is 126 Å². The molecule has 0 fully saturated rings. The highest BCUT2D eigenvalue weighted by Crippen LogP contribution is 2.22. The molecule has 1 aromatic carbocycles. The number of aryl methyl sites for hydroxylation is 1. The lowest BCUT2D eigenvalue weighted by atomic mass is 10.1. The Bertz CT molecular complexity index is 418. The van der Waals surface area contributed by atoms with E-state index in [9.17, 15) is 4.79 Å². The summed E-state index contributed by atoms with van der Waals surface area (Å²) in [6.07, 6.45) is 4.14. The maximum Gasteiger partial charge on any atom is 0.305 e. The molecule has 4 heteroatoms. The standard InChI is InChI=1S/C16H23ClO3/c1-3-13-12-14(9-10-15(13)17)20-11-7-5-6-8-16(18)19-4-2/h9-10,12H,3-8,11H2,1-2H3. The maximum absolute atomic E-state index is 11.1. The number of hydrogen-bond donors (Lipinski definition) is 0. The third-order valence-corrected chi connectivity index (χ3v) is 3.37. The van der Waals surface area contributed by atoms with E-state index >= 15 is 0 Å². The molecule has 0 bridgehead atoms. The van der Waals surface area contributed by atoms with E-state index in [0.717, 1.165) is 42.0 Å². The molecule has 3 nitrogen and oxygen atoms in total. The number of carbonyl (C=O) groups is 1. The molecule has 0 atom stereocenters. The van der Waals surface area contributed by atoms with Crippen LogP contribution in [-0.2, 0) is 16.0 Å². The molecule has 0 heterocycles. The molecular weight excluding hydrogens is 276 g/mol. The van der Waals surface area contributed by atoms with Crippen molar-refractivity contribution >= 4 is 17.6 Å². The van der Waals surface area contributed by atoms with Crippen molar-refractivity contribution in [2.45, 2.75) is 46.0 Å². The van der Waals surface area contributed by atoms with Gasteiger partial charge in [-0.2, -0.15) is 0 Å². The smallest absolute Gasteiger partial charge is 0.305 e. The number of carbonyl (C=O) groups excluding carboxylic acids is 1. The van der Waals surface area contributed by atoms with Crippen LogP contribution in [0.4, 0.5) is 0 Å². The van der Waals surface area contributed by atoms with Crippen LogP contribution in [0.3, 0.4) is 0 Å². The zero-order valence-electron chi connectivity index (χ0n) is 12.3. The highest BCUT2D eigenvalue weighted by Gasteiger charge is 2.02. The zero-order valence-corrected chi connectivity index (χ0v) is 13.0. The minimum absolute atomic E-state index is 0.112. The van der Waals surface area contributed by atoms with Crippen LogP contribution in [0, 0.1) is 0 Å². The van der Waals surface area contributed by atoms with Crippen molar-refractivity contribution in [3.05, 3.63) is 28.8 Å². The van der Waals surface area contributed by atoms with Gasteiger partial charge in [0.15, 0.2) is 0 Å². The molecule has 112 valence electrons. The quantitative estimate of drug-likeness (QED) is 0.500. The lowest BCUT2D eigenvalue weighted by Crippen LogP contribution is -2.04. The number of halogens is 1. The maximum atomic E-state index is 11.1. The van der Waals surface area contributed by atoms with Gasteiger partial charge in [0.1, 0.15) is 5.75 Å². The fraction of sp³-hybridized carbons (Fsp3) is 0.562. The van der Waals surface area contributed by atoms with Crippen molar-refractivity contribution in [2.24, 2.45) is 0 Å². The second kappa shape index (κ2) is 9.65. The topological polar surface area (TPSA) is 35.5 Å². The summed E-state index contributed by atoms with van der Waals surface area (Å²) in [4.78, 5) is 11.1. The minimum atomic E-state index is -0.112. The number of ether oxygens (including phenoxy) is 2. The molecule has 0 aliphatic carbocycles. The van der Waals surface area contributed by atoms with Crippen molar-refractivity contribution in [1.29, 1.82) is 0 Å². The Kier molecular flexibility index (Phi) is 8.12. The Morgan fingerprint density at radius 1 is 1.20 bits per heavy atom. The van der Waals surface area contributed by atoms with Gasteiger partial charge < -0.3 is 9.47 Å². The number of esters is 1. The molecule has 0 spiro atoms. The summed E-state index contributed by atoms with van der Waals surface area (Å²) >= 11 is 6.05. The molecule has 0 saturated carbocycles. The summed E-state index contributed by atoms with van der Waals surface area (Å²) in [6.45, 7) is 5.01. The van der Waals surface area contributed by atoms with Gasteiger partial charge in [0, 0.05) is 11.4 Å². The summed E-state index contributed by atoms with van der Waals surface area (Å²) < 4.78 is 10.6. The molecule has 0 amide bonds. The first kappa shape index (κ1) is 16.8. The van der Waals surface area contributed by atoms with Gasteiger partial charge in [0.05, 0.1) is 13.2 Å². The van der Waals surface area contributed by atoms with Crippen LogP contribution in [0.2, 0.25) is 5.02 Å². The first-order valence-corrected chi connectivity index (χ1v) is 7.62. The average molecular weight is 299 g/mol. The van der Waals surface area contributed by atoms with E-state index in [1.54, 1.807) is 0 Å². The van der Waals surface area contributed by atoms with Gasteiger partial charge >= 0.3 is 5.97 Å². The predicted octanol–water partition coefficient (Wildman–Crippen LogP) is 4.40. The van der Waals surface area contributed by atoms with Gasteiger partial charge in [0.25, 0.3) is 0 Å². The van der Waals surface area contributed by atoms with Gasteiger partial charge in [0.2, 0.25) is 0 Å². The van der Waals surface area contributed by atoms with Crippen LogP contribution in [0.15, 0.2) is 18.2 Å². The highest BCUT2D eigenvalue weighted by atomic mass is 35.5. The largest absolute Gasteiger partial charge is 0.494 e. The monoisotopic (exact) mass is 298 g/mol. The van der Waals surface area contributed by atoms with Crippen LogP contribution in [0.1, 0.15) is 45.1 Å². The number of hydrogen-bond acceptors (Lipinski definition) is 3. The Balaban J connectivity index is 2.17. The molecule has 0 radical (unpaired) electrons. The molecule has 0 unspecified atom stereocenters. The van der Waals surface area contributed by atoms with E-state index in [4.69, 9.17) is 21.1 Å². The van der Waals surface area contributed by atoms with E-state index in [1.165, 1.54) is 0 Å². The molecule has 0 aliphatic rings. The van der Waals surface area contributed by atoms with Gasteiger partial charge in [-0.3, -0.25) is 4.79 Å². The molecule has 0 aliphatic heterocycles. The summed E-state index contributed by atoms with van der Waals surface area (Å²) in [5.74, 6) is 0.746. The van der Waals surface area contributed by atoms with E-state index in [1.807, 2.05) is 25.1 Å². The fourth-order valence-electron chi connectivity index (χ4n) is 1.88. The van der Waals surface area contributed by atoms with Crippen molar-refractivity contribution in [2.75, 3.05) is 13.2 Å². The van der Waals surface area contributed by atoms with Crippen LogP contribution >= 0.6 is 11.6 Å². The van der Waals surface area contributed by atoms with Gasteiger partial charge in [-0.1, -0.05) is 18.5 Å². The minimum Gasteiger partial charge on any atom is -0.494 e. The summed E-state index contributed by atoms with van der Waals surface area (Å²) in [5.41, 5.74) is 1.10. The second-order valence-electron chi connectivity index (χ2n) is 4.57. The fourth-order valence-corrected chi connectivity index (χ4v) is 2.13. The van der Waals surface area contributed by atoms with Crippen molar-refractivity contribution in [1.82, 2.24) is 0 Å². The zero-order chi connectivity index (χ0) is 14.8. The number of benzene rings is 1. The van der Waals surface area contributed by atoms with Gasteiger partial charge in [-0.25, -0.2) is 0 Å². The highest BCUT2D eigenvalue weighted by molar-refractivity contribution is 6.31. The SMILES string of the molecule is CCOC(=O)CCCCCOc1ccc(Cl)c(CC)c1. The molecule has 20 heavy (non-hydrogen) atoms. The Morgan fingerprint density at radius 2 is 2.00 bits per heavy atom. The molecule has 0 saturated heterocycles. The number of rotatable bonds is 9. The molecular formula is C16H23ClO3.